The number of nitrogens with one attached hydrogen (secondary N) is 2. The molecule has 2 N–H and O–H groups in total. The molecule has 0 fully saturated rings. The molecule has 0 saturated heterocycles. The van der Waals surface area contributed by atoms with Gasteiger partial charge in [0.2, 0.25) is 5.91 Å². The Labute approximate surface area is 202 Å². The molecule has 0 aliphatic rings. The Kier molecular flexibility index (Phi) is 6.24. The number of aryl methyl sites for hydroxylation is 2. The highest BCUT2D eigenvalue weighted by Crippen LogP contribution is 2.24. The molecule has 0 spiro atoms. The molecule has 2 aromatic carbocycles. The van der Waals surface area contributed by atoms with Gasteiger partial charge in [-0.25, -0.2) is 14.5 Å². The quantitative estimate of drug-likeness (QED) is 0.335. The molecular formula is C26H28N6OS. The van der Waals surface area contributed by atoms with Crippen molar-refractivity contribution in [3.05, 3.63) is 71.3 Å². The Balaban J connectivity index is 1.34. The zero-order chi connectivity index (χ0) is 23.7. The SMILES string of the molecule is CSCC[C@@H](NC(=O)CCc1c(C)nc2c3ccccc3nn2c1C)c1nc2ccccc2[nH]1. The number of imidazole rings is 1. The van der Waals surface area contributed by atoms with Gasteiger partial charge in [-0.3, -0.25) is 4.79 Å². The Hall–Kier alpha value is -3.39. The summed E-state index contributed by atoms with van der Waals surface area (Å²) in [5.74, 6) is 1.76. The number of aromatic nitrogens is 5. The number of aromatic amines is 1. The van der Waals surface area contributed by atoms with E-state index in [-0.39, 0.29) is 11.9 Å². The van der Waals surface area contributed by atoms with Crippen LogP contribution in [0, 0.1) is 13.8 Å². The summed E-state index contributed by atoms with van der Waals surface area (Å²) >= 11 is 1.76. The van der Waals surface area contributed by atoms with Crippen molar-refractivity contribution in [1.29, 1.82) is 0 Å². The fourth-order valence-corrected chi connectivity index (χ4v) is 4.97. The lowest BCUT2D eigenvalue weighted by atomic mass is 10.1. The van der Waals surface area contributed by atoms with Crippen LogP contribution in [0.4, 0.5) is 0 Å². The molecule has 0 aliphatic carbocycles. The minimum Gasteiger partial charge on any atom is -0.346 e. The molecule has 5 rings (SSSR count). The monoisotopic (exact) mass is 472 g/mol. The van der Waals surface area contributed by atoms with Crippen molar-refractivity contribution < 1.29 is 4.79 Å². The van der Waals surface area contributed by atoms with Gasteiger partial charge in [0, 0.05) is 23.2 Å². The maximum Gasteiger partial charge on any atom is 0.220 e. The number of fused-ring (bicyclic) bond motifs is 4. The maximum absolute atomic E-state index is 13.0. The van der Waals surface area contributed by atoms with Crippen LogP contribution >= 0.6 is 11.8 Å². The van der Waals surface area contributed by atoms with E-state index in [4.69, 9.17) is 15.1 Å². The van der Waals surface area contributed by atoms with Crippen molar-refractivity contribution in [3.63, 3.8) is 0 Å². The highest BCUT2D eigenvalue weighted by Gasteiger charge is 2.20. The van der Waals surface area contributed by atoms with Gasteiger partial charge >= 0.3 is 0 Å². The van der Waals surface area contributed by atoms with Crippen molar-refractivity contribution in [3.8, 4) is 0 Å². The van der Waals surface area contributed by atoms with Gasteiger partial charge in [0.25, 0.3) is 0 Å². The van der Waals surface area contributed by atoms with Gasteiger partial charge in [-0.2, -0.15) is 16.9 Å². The topological polar surface area (TPSA) is 88.0 Å². The van der Waals surface area contributed by atoms with E-state index < -0.39 is 0 Å². The van der Waals surface area contributed by atoms with E-state index in [1.165, 1.54) is 0 Å². The summed E-state index contributed by atoms with van der Waals surface area (Å²) in [5.41, 5.74) is 6.73. The zero-order valence-corrected chi connectivity index (χ0v) is 20.4. The summed E-state index contributed by atoms with van der Waals surface area (Å²) in [7, 11) is 0. The van der Waals surface area contributed by atoms with E-state index in [0.29, 0.717) is 12.8 Å². The first-order chi connectivity index (χ1) is 16.5. The predicted octanol–water partition coefficient (Wildman–Crippen LogP) is 4.92. The minimum absolute atomic E-state index is 0.0103. The van der Waals surface area contributed by atoms with Gasteiger partial charge in [-0.05, 0) is 68.5 Å². The third kappa shape index (κ3) is 4.25. The fraction of sp³-hybridized carbons (Fsp3) is 0.308. The molecule has 7 nitrogen and oxygen atoms in total. The normalized spacial score (nSPS) is 12.6. The number of carbonyl (C=O) groups excluding carboxylic acids is 1. The van der Waals surface area contributed by atoms with Gasteiger partial charge < -0.3 is 10.3 Å². The van der Waals surface area contributed by atoms with E-state index in [9.17, 15) is 4.79 Å². The number of amides is 1. The first kappa shape index (κ1) is 22.4. The Morgan fingerprint density at radius 2 is 1.85 bits per heavy atom. The number of nitrogens with zero attached hydrogens (tertiary/aromatic N) is 4. The second-order valence-corrected chi connectivity index (χ2v) is 9.54. The van der Waals surface area contributed by atoms with Crippen LogP contribution < -0.4 is 5.32 Å². The molecule has 174 valence electrons. The zero-order valence-electron chi connectivity index (χ0n) is 19.6. The van der Waals surface area contributed by atoms with Gasteiger partial charge in [0.1, 0.15) is 5.82 Å². The standard InChI is InChI=1S/C26H28N6OS/c1-16-18(17(2)32-26(27-16)19-8-4-5-9-20(19)31-32)12-13-24(33)28-23(14-15-34-3)25-29-21-10-6-7-11-22(21)30-25/h4-11,23H,12-15H2,1-3H3,(H,28,33)(H,29,30)/t23-/m1/s1. The van der Waals surface area contributed by atoms with Gasteiger partial charge in [-0.15, -0.1) is 0 Å². The largest absolute Gasteiger partial charge is 0.346 e. The van der Waals surface area contributed by atoms with E-state index in [0.717, 1.165) is 62.5 Å². The van der Waals surface area contributed by atoms with Crippen molar-refractivity contribution in [2.45, 2.75) is 39.2 Å². The summed E-state index contributed by atoms with van der Waals surface area (Å²) in [4.78, 5) is 25.9. The van der Waals surface area contributed by atoms with E-state index in [1.54, 1.807) is 11.8 Å². The van der Waals surface area contributed by atoms with E-state index >= 15 is 0 Å². The van der Waals surface area contributed by atoms with Gasteiger partial charge in [-0.1, -0.05) is 24.3 Å². The molecule has 0 saturated carbocycles. The number of H-pyrrole nitrogens is 1. The molecule has 3 heterocycles. The smallest absolute Gasteiger partial charge is 0.220 e. The third-order valence-electron chi connectivity index (χ3n) is 6.30. The summed E-state index contributed by atoms with van der Waals surface area (Å²) in [6.45, 7) is 4.06. The molecule has 1 atom stereocenters. The number of thioether (sulfide) groups is 1. The number of benzene rings is 2. The molecular weight excluding hydrogens is 444 g/mol. The van der Waals surface area contributed by atoms with E-state index in [1.807, 2.05) is 60.0 Å². The summed E-state index contributed by atoms with van der Waals surface area (Å²) < 4.78 is 1.90. The highest BCUT2D eigenvalue weighted by atomic mass is 32.2. The molecule has 8 heteroatoms. The highest BCUT2D eigenvalue weighted by molar-refractivity contribution is 7.98. The van der Waals surface area contributed by atoms with Crippen molar-refractivity contribution >= 4 is 45.3 Å². The number of hydrogen-bond acceptors (Lipinski definition) is 5. The molecule has 1 amide bonds. The average molecular weight is 473 g/mol. The molecule has 0 radical (unpaired) electrons. The molecule has 0 aliphatic heterocycles. The predicted molar refractivity (Wildman–Crippen MR) is 138 cm³/mol. The lowest BCUT2D eigenvalue weighted by Crippen LogP contribution is -2.30. The minimum atomic E-state index is -0.147. The lowest BCUT2D eigenvalue weighted by molar-refractivity contribution is -0.121. The van der Waals surface area contributed by atoms with Crippen LogP contribution in [0.1, 0.15) is 41.7 Å². The fourth-order valence-electron chi connectivity index (χ4n) is 4.49. The van der Waals surface area contributed by atoms with Crippen molar-refractivity contribution in [2.24, 2.45) is 0 Å². The lowest BCUT2D eigenvalue weighted by Gasteiger charge is -2.17. The van der Waals surface area contributed by atoms with Crippen LogP contribution in [0.2, 0.25) is 0 Å². The Morgan fingerprint density at radius 1 is 1.09 bits per heavy atom. The molecule has 3 aromatic heterocycles. The first-order valence-corrected chi connectivity index (χ1v) is 12.9. The molecule has 34 heavy (non-hydrogen) atoms. The third-order valence-corrected chi connectivity index (χ3v) is 6.95. The summed E-state index contributed by atoms with van der Waals surface area (Å²) in [6, 6.07) is 15.8. The molecule has 5 aromatic rings. The molecule has 0 unspecified atom stereocenters. The van der Waals surface area contributed by atoms with Crippen LogP contribution in [0.15, 0.2) is 48.5 Å². The van der Waals surface area contributed by atoms with Crippen LogP contribution in [0.5, 0.6) is 0 Å². The van der Waals surface area contributed by atoms with Crippen LogP contribution in [0.25, 0.3) is 27.6 Å². The van der Waals surface area contributed by atoms with Gasteiger partial charge in [0.15, 0.2) is 5.65 Å². The van der Waals surface area contributed by atoms with E-state index in [2.05, 4.69) is 23.5 Å². The van der Waals surface area contributed by atoms with Crippen LogP contribution in [-0.2, 0) is 11.2 Å². The van der Waals surface area contributed by atoms with Crippen molar-refractivity contribution in [2.75, 3.05) is 12.0 Å². The second-order valence-electron chi connectivity index (χ2n) is 8.55. The van der Waals surface area contributed by atoms with Gasteiger partial charge in [0.05, 0.1) is 22.6 Å². The average Bonchev–Trinajstić information content (AvgIpc) is 3.43. The van der Waals surface area contributed by atoms with Crippen LogP contribution in [0.3, 0.4) is 0 Å². The second kappa shape index (κ2) is 9.46. The van der Waals surface area contributed by atoms with Crippen molar-refractivity contribution in [1.82, 2.24) is 29.9 Å². The number of hydrogen-bond donors (Lipinski definition) is 2. The first-order valence-electron chi connectivity index (χ1n) is 11.5. The molecule has 0 bridgehead atoms. The summed E-state index contributed by atoms with van der Waals surface area (Å²) in [5, 5.41) is 8.98. The number of para-hydroxylation sites is 2. The number of rotatable bonds is 8. The Morgan fingerprint density at radius 3 is 2.65 bits per heavy atom. The Bertz CT molecular complexity index is 1450. The maximum atomic E-state index is 13.0. The van der Waals surface area contributed by atoms with Crippen LogP contribution in [-0.4, -0.2) is 42.5 Å². The number of carbonyl (C=O) groups is 1. The summed E-state index contributed by atoms with van der Waals surface area (Å²) in [6.07, 6.45) is 3.88.